The van der Waals surface area contributed by atoms with Gasteiger partial charge in [-0.05, 0) is 37.3 Å². The highest BCUT2D eigenvalue weighted by Crippen LogP contribution is 2.25. The molecule has 0 unspecified atom stereocenters. The van der Waals surface area contributed by atoms with Crippen LogP contribution in [0.15, 0.2) is 52.1 Å². The largest absolute Gasteiger partial charge is 0.459 e. The van der Waals surface area contributed by atoms with E-state index in [4.69, 9.17) is 4.42 Å². The van der Waals surface area contributed by atoms with Gasteiger partial charge < -0.3 is 19.6 Å². The van der Waals surface area contributed by atoms with Crippen molar-refractivity contribution in [3.8, 4) is 0 Å². The van der Waals surface area contributed by atoms with E-state index in [0.29, 0.717) is 18.1 Å². The first kappa shape index (κ1) is 16.1. The third-order valence-electron chi connectivity index (χ3n) is 3.97. The SMILES string of the molecule is CN=C(NCCn1cccc1)NCc1oc2ccc(F)cc2c1C. The van der Waals surface area contributed by atoms with Gasteiger partial charge in [0.2, 0.25) is 0 Å². The number of rotatable bonds is 5. The molecule has 0 radical (unpaired) electrons. The number of nitrogens with one attached hydrogen (secondary N) is 2. The molecule has 0 fully saturated rings. The van der Waals surface area contributed by atoms with Crippen molar-refractivity contribution in [1.82, 2.24) is 15.2 Å². The highest BCUT2D eigenvalue weighted by Gasteiger charge is 2.11. The van der Waals surface area contributed by atoms with E-state index in [1.807, 2.05) is 31.5 Å². The Morgan fingerprint density at radius 1 is 1.25 bits per heavy atom. The van der Waals surface area contributed by atoms with Gasteiger partial charge in [0.05, 0.1) is 6.54 Å². The van der Waals surface area contributed by atoms with Crippen LogP contribution in [-0.4, -0.2) is 24.1 Å². The van der Waals surface area contributed by atoms with Gasteiger partial charge in [-0.15, -0.1) is 0 Å². The molecular formula is C18H21FN4O. The van der Waals surface area contributed by atoms with Gasteiger partial charge in [-0.3, -0.25) is 4.99 Å². The van der Waals surface area contributed by atoms with Crippen molar-refractivity contribution in [2.45, 2.75) is 20.0 Å². The summed E-state index contributed by atoms with van der Waals surface area (Å²) in [6.07, 6.45) is 4.05. The Kier molecular flexibility index (Phi) is 4.84. The van der Waals surface area contributed by atoms with Gasteiger partial charge >= 0.3 is 0 Å². The lowest BCUT2D eigenvalue weighted by atomic mass is 10.1. The summed E-state index contributed by atoms with van der Waals surface area (Å²) in [5, 5.41) is 7.29. The van der Waals surface area contributed by atoms with Crippen molar-refractivity contribution in [3.63, 3.8) is 0 Å². The third kappa shape index (κ3) is 3.59. The monoisotopic (exact) mass is 328 g/mol. The van der Waals surface area contributed by atoms with Crippen molar-refractivity contribution in [1.29, 1.82) is 0 Å². The van der Waals surface area contributed by atoms with E-state index in [1.165, 1.54) is 12.1 Å². The maximum atomic E-state index is 13.4. The van der Waals surface area contributed by atoms with E-state index in [2.05, 4.69) is 20.2 Å². The molecule has 0 spiro atoms. The van der Waals surface area contributed by atoms with Gasteiger partial charge in [0.25, 0.3) is 0 Å². The maximum Gasteiger partial charge on any atom is 0.191 e. The number of aliphatic imine (C=N–C) groups is 1. The third-order valence-corrected chi connectivity index (χ3v) is 3.97. The number of benzene rings is 1. The molecule has 0 aliphatic rings. The zero-order valence-electron chi connectivity index (χ0n) is 13.8. The van der Waals surface area contributed by atoms with Gasteiger partial charge in [0.15, 0.2) is 5.96 Å². The number of halogens is 1. The first-order valence-electron chi connectivity index (χ1n) is 7.90. The summed E-state index contributed by atoms with van der Waals surface area (Å²) in [5.74, 6) is 1.23. The van der Waals surface area contributed by atoms with Gasteiger partial charge in [-0.25, -0.2) is 4.39 Å². The minimum Gasteiger partial charge on any atom is -0.459 e. The molecule has 0 saturated heterocycles. The Bertz CT molecular complexity index is 836. The summed E-state index contributed by atoms with van der Waals surface area (Å²) in [5.41, 5.74) is 1.64. The van der Waals surface area contributed by atoms with Crippen LogP contribution in [0.3, 0.4) is 0 Å². The zero-order valence-corrected chi connectivity index (χ0v) is 13.8. The molecule has 1 aromatic carbocycles. The predicted octanol–water partition coefficient (Wildman–Crippen LogP) is 3.05. The minimum atomic E-state index is -0.256. The van der Waals surface area contributed by atoms with Crippen molar-refractivity contribution in [2.24, 2.45) is 4.99 Å². The molecule has 2 heterocycles. The first-order chi connectivity index (χ1) is 11.7. The molecule has 0 aliphatic carbocycles. The van der Waals surface area contributed by atoms with Gasteiger partial charge in [0, 0.05) is 43.5 Å². The number of aryl methyl sites for hydroxylation is 1. The number of aromatic nitrogens is 1. The minimum absolute atomic E-state index is 0.256. The molecule has 3 aromatic rings. The summed E-state index contributed by atoms with van der Waals surface area (Å²) >= 11 is 0. The van der Waals surface area contributed by atoms with Crippen LogP contribution in [0.4, 0.5) is 4.39 Å². The molecule has 0 bridgehead atoms. The van der Waals surface area contributed by atoms with Gasteiger partial charge in [0.1, 0.15) is 17.2 Å². The lowest BCUT2D eigenvalue weighted by Gasteiger charge is -2.11. The molecule has 2 N–H and O–H groups in total. The molecule has 0 atom stereocenters. The fourth-order valence-electron chi connectivity index (χ4n) is 2.62. The zero-order chi connectivity index (χ0) is 16.9. The summed E-state index contributed by atoms with van der Waals surface area (Å²) in [6.45, 7) is 4.05. The molecule has 6 heteroatoms. The number of hydrogen-bond donors (Lipinski definition) is 2. The summed E-state index contributed by atoms with van der Waals surface area (Å²) < 4.78 is 21.3. The van der Waals surface area contributed by atoms with Crippen LogP contribution < -0.4 is 10.6 Å². The quantitative estimate of drug-likeness (QED) is 0.559. The van der Waals surface area contributed by atoms with Crippen molar-refractivity contribution in [2.75, 3.05) is 13.6 Å². The standard InChI is InChI=1S/C18H21FN4O/c1-13-15-11-14(19)5-6-16(15)24-17(13)12-22-18(20-2)21-7-10-23-8-3-4-9-23/h3-6,8-9,11H,7,10,12H2,1-2H3,(H2,20,21,22). The number of fused-ring (bicyclic) bond motifs is 1. The van der Waals surface area contributed by atoms with Crippen LogP contribution in [0.2, 0.25) is 0 Å². The van der Waals surface area contributed by atoms with Crippen LogP contribution >= 0.6 is 0 Å². The number of nitrogens with zero attached hydrogens (tertiary/aromatic N) is 2. The second-order valence-corrected chi connectivity index (χ2v) is 5.56. The fourth-order valence-corrected chi connectivity index (χ4v) is 2.62. The summed E-state index contributed by atoms with van der Waals surface area (Å²) in [4.78, 5) is 4.20. The molecule has 3 rings (SSSR count). The predicted molar refractivity (Wildman–Crippen MR) is 93.5 cm³/mol. The second kappa shape index (κ2) is 7.21. The highest BCUT2D eigenvalue weighted by molar-refractivity contribution is 5.83. The van der Waals surface area contributed by atoms with Crippen molar-refractivity contribution in [3.05, 3.63) is 59.9 Å². The Balaban J connectivity index is 1.58. The topological polar surface area (TPSA) is 54.5 Å². The van der Waals surface area contributed by atoms with E-state index in [9.17, 15) is 4.39 Å². The molecule has 126 valence electrons. The molecule has 0 saturated carbocycles. The lowest BCUT2D eigenvalue weighted by molar-refractivity contribution is 0.533. The Labute approximate surface area is 140 Å². The van der Waals surface area contributed by atoms with E-state index in [1.54, 1.807) is 13.1 Å². The van der Waals surface area contributed by atoms with Crippen LogP contribution in [0.25, 0.3) is 11.0 Å². The second-order valence-electron chi connectivity index (χ2n) is 5.56. The average Bonchev–Trinajstić information content (AvgIpc) is 3.20. The Morgan fingerprint density at radius 2 is 2.04 bits per heavy atom. The maximum absolute atomic E-state index is 13.4. The summed E-state index contributed by atoms with van der Waals surface area (Å²) in [6, 6.07) is 8.57. The van der Waals surface area contributed by atoms with Crippen LogP contribution in [-0.2, 0) is 13.1 Å². The van der Waals surface area contributed by atoms with Gasteiger partial charge in [-0.1, -0.05) is 0 Å². The molecular weight excluding hydrogens is 307 g/mol. The first-order valence-corrected chi connectivity index (χ1v) is 7.90. The number of hydrogen-bond acceptors (Lipinski definition) is 2. The Hall–Kier alpha value is -2.76. The smallest absolute Gasteiger partial charge is 0.191 e. The van der Waals surface area contributed by atoms with E-state index >= 15 is 0 Å². The van der Waals surface area contributed by atoms with Crippen LogP contribution in [0.1, 0.15) is 11.3 Å². The van der Waals surface area contributed by atoms with E-state index in [-0.39, 0.29) is 5.82 Å². The van der Waals surface area contributed by atoms with Crippen molar-refractivity contribution >= 4 is 16.9 Å². The van der Waals surface area contributed by atoms with E-state index < -0.39 is 0 Å². The number of guanidine groups is 1. The van der Waals surface area contributed by atoms with Crippen LogP contribution in [0, 0.1) is 12.7 Å². The highest BCUT2D eigenvalue weighted by atomic mass is 19.1. The molecule has 0 amide bonds. The number of furan rings is 1. The van der Waals surface area contributed by atoms with Gasteiger partial charge in [-0.2, -0.15) is 0 Å². The summed E-state index contributed by atoms with van der Waals surface area (Å²) in [7, 11) is 1.73. The molecule has 2 aromatic heterocycles. The average molecular weight is 328 g/mol. The molecule has 0 aliphatic heterocycles. The molecule has 5 nitrogen and oxygen atoms in total. The van der Waals surface area contributed by atoms with Crippen molar-refractivity contribution < 1.29 is 8.81 Å². The fraction of sp³-hybridized carbons (Fsp3) is 0.278. The van der Waals surface area contributed by atoms with Crippen LogP contribution in [0.5, 0.6) is 0 Å². The lowest BCUT2D eigenvalue weighted by Crippen LogP contribution is -2.38. The normalized spacial score (nSPS) is 11.9. The van der Waals surface area contributed by atoms with E-state index in [0.717, 1.165) is 29.8 Å². The Morgan fingerprint density at radius 3 is 2.79 bits per heavy atom. The molecule has 24 heavy (non-hydrogen) atoms.